The molecule has 0 fully saturated rings. The van der Waals surface area contributed by atoms with Crippen LogP contribution in [0, 0.1) is 17.0 Å². The number of carbonyl (C=O) groups excluding carboxylic acids is 1. The van der Waals surface area contributed by atoms with E-state index in [9.17, 15) is 14.9 Å². The van der Waals surface area contributed by atoms with E-state index in [4.69, 9.17) is 9.47 Å². The largest absolute Gasteiger partial charge is 0.481 e. The van der Waals surface area contributed by atoms with Crippen LogP contribution in [0.5, 0.6) is 11.5 Å². The van der Waals surface area contributed by atoms with Crippen molar-refractivity contribution >= 4 is 27.6 Å². The van der Waals surface area contributed by atoms with Crippen molar-refractivity contribution in [2.45, 2.75) is 6.92 Å². The average Bonchev–Trinajstić information content (AvgIpc) is 2.46. The quantitative estimate of drug-likeness (QED) is 0.349. The van der Waals surface area contributed by atoms with E-state index in [1.54, 1.807) is 12.1 Å². The summed E-state index contributed by atoms with van der Waals surface area (Å²) in [6, 6.07) is 11.1. The summed E-state index contributed by atoms with van der Waals surface area (Å²) in [4.78, 5) is 22.0. The molecule has 0 heterocycles. The molecule has 0 aliphatic carbocycles. The van der Waals surface area contributed by atoms with Crippen LogP contribution >= 0.6 is 15.9 Å². The van der Waals surface area contributed by atoms with Crippen LogP contribution in [-0.2, 0) is 4.79 Å². The van der Waals surface area contributed by atoms with E-state index in [-0.39, 0.29) is 18.0 Å². The molecule has 0 aliphatic heterocycles. The molecule has 6 nitrogen and oxygen atoms in total. The van der Waals surface area contributed by atoms with Crippen LogP contribution < -0.4 is 9.47 Å². The normalized spacial score (nSPS) is 10.1. The zero-order valence-electron chi connectivity index (χ0n) is 11.6. The van der Waals surface area contributed by atoms with Gasteiger partial charge in [-0.15, -0.1) is 0 Å². The number of nitrogens with zero attached hydrogens (tertiary/aromatic N) is 1. The second kappa shape index (κ2) is 7.04. The molecule has 0 bridgehead atoms. The molecule has 0 N–H and O–H groups in total. The maximum atomic E-state index is 11.8. The van der Waals surface area contributed by atoms with Crippen LogP contribution in [0.4, 0.5) is 5.69 Å². The number of rotatable bonds is 5. The van der Waals surface area contributed by atoms with Crippen molar-refractivity contribution in [3.05, 3.63) is 62.6 Å². The Balaban J connectivity index is 2.00. The van der Waals surface area contributed by atoms with Gasteiger partial charge in [-0.2, -0.15) is 0 Å². The maximum absolute atomic E-state index is 11.8. The average molecular weight is 366 g/mol. The molecule has 114 valence electrons. The molecule has 0 aromatic heterocycles. The Labute approximate surface area is 134 Å². The first-order chi connectivity index (χ1) is 10.5. The Morgan fingerprint density at radius 2 is 1.95 bits per heavy atom. The summed E-state index contributed by atoms with van der Waals surface area (Å²) in [5, 5.41) is 10.8. The molecule has 0 aliphatic rings. The van der Waals surface area contributed by atoms with Crippen molar-refractivity contribution < 1.29 is 19.2 Å². The van der Waals surface area contributed by atoms with Gasteiger partial charge in [0.25, 0.3) is 0 Å². The first-order valence-corrected chi connectivity index (χ1v) is 7.09. The number of para-hydroxylation sites is 2. The number of hydrogen-bond donors (Lipinski definition) is 0. The maximum Gasteiger partial charge on any atom is 0.349 e. The molecular formula is C15H12BrNO5. The molecule has 0 saturated carbocycles. The molecule has 22 heavy (non-hydrogen) atoms. The fourth-order valence-corrected chi connectivity index (χ4v) is 2.31. The van der Waals surface area contributed by atoms with Gasteiger partial charge in [0.05, 0.1) is 9.40 Å². The van der Waals surface area contributed by atoms with Crippen molar-refractivity contribution in [1.82, 2.24) is 0 Å². The highest BCUT2D eigenvalue weighted by molar-refractivity contribution is 9.10. The molecule has 2 aromatic rings. The topological polar surface area (TPSA) is 78.7 Å². The lowest BCUT2D eigenvalue weighted by atomic mass is 10.2. The minimum atomic E-state index is -0.721. The third-order valence-electron chi connectivity index (χ3n) is 2.72. The van der Waals surface area contributed by atoms with E-state index in [2.05, 4.69) is 15.9 Å². The molecule has 0 spiro atoms. The lowest BCUT2D eigenvalue weighted by molar-refractivity contribution is -0.385. The summed E-state index contributed by atoms with van der Waals surface area (Å²) < 4.78 is 11.0. The smallest absolute Gasteiger partial charge is 0.349 e. The molecule has 0 radical (unpaired) electrons. The van der Waals surface area contributed by atoms with Gasteiger partial charge < -0.3 is 9.47 Å². The van der Waals surface area contributed by atoms with Crippen molar-refractivity contribution in [1.29, 1.82) is 0 Å². The van der Waals surface area contributed by atoms with E-state index < -0.39 is 10.9 Å². The van der Waals surface area contributed by atoms with Crippen molar-refractivity contribution in [2.24, 2.45) is 0 Å². The number of aryl methyl sites for hydroxylation is 1. The Hall–Kier alpha value is -2.41. The molecule has 0 saturated heterocycles. The standard InChI is InChI=1S/C15H12BrNO5/c1-10-6-7-13(11(16)8-10)21-9-15(18)22-14-5-3-2-4-12(14)17(19)20/h2-8H,9H2,1H3. The van der Waals surface area contributed by atoms with Gasteiger partial charge in [-0.25, -0.2) is 4.79 Å². The molecule has 7 heteroatoms. The number of benzene rings is 2. The van der Waals surface area contributed by atoms with Gasteiger partial charge in [0.1, 0.15) is 5.75 Å². The number of halogens is 1. The first-order valence-electron chi connectivity index (χ1n) is 6.30. The summed E-state index contributed by atoms with van der Waals surface area (Å²) in [5.41, 5.74) is 0.772. The summed E-state index contributed by atoms with van der Waals surface area (Å²) in [5.74, 6) is -0.337. The molecule has 0 unspecified atom stereocenters. The van der Waals surface area contributed by atoms with Crippen molar-refractivity contribution in [3.63, 3.8) is 0 Å². The highest BCUT2D eigenvalue weighted by Gasteiger charge is 2.17. The zero-order chi connectivity index (χ0) is 16.1. The predicted molar refractivity (Wildman–Crippen MR) is 83.1 cm³/mol. The Bertz CT molecular complexity index is 717. The van der Waals surface area contributed by atoms with E-state index >= 15 is 0 Å². The van der Waals surface area contributed by atoms with Crippen LogP contribution in [0.2, 0.25) is 0 Å². The minimum Gasteiger partial charge on any atom is -0.481 e. The van der Waals surface area contributed by atoms with Crippen LogP contribution in [0.15, 0.2) is 46.9 Å². The number of ether oxygens (including phenoxy) is 2. The highest BCUT2D eigenvalue weighted by Crippen LogP contribution is 2.27. The second-order valence-corrected chi connectivity index (χ2v) is 5.28. The monoisotopic (exact) mass is 365 g/mol. The van der Waals surface area contributed by atoms with Crippen LogP contribution in [-0.4, -0.2) is 17.5 Å². The molecule has 0 amide bonds. The fraction of sp³-hybridized carbons (Fsp3) is 0.133. The third kappa shape index (κ3) is 4.05. The van der Waals surface area contributed by atoms with E-state index in [1.165, 1.54) is 18.2 Å². The van der Waals surface area contributed by atoms with Crippen LogP contribution in [0.3, 0.4) is 0 Å². The minimum absolute atomic E-state index is 0.107. The van der Waals surface area contributed by atoms with E-state index in [0.29, 0.717) is 10.2 Å². The van der Waals surface area contributed by atoms with Gasteiger partial charge in [-0.05, 0) is 46.6 Å². The van der Waals surface area contributed by atoms with E-state index in [0.717, 1.165) is 5.56 Å². The molecule has 2 rings (SSSR count). The molecule has 0 atom stereocenters. The zero-order valence-corrected chi connectivity index (χ0v) is 13.2. The van der Waals surface area contributed by atoms with Gasteiger partial charge in [0, 0.05) is 6.07 Å². The predicted octanol–water partition coefficient (Wildman–Crippen LogP) is 3.65. The number of nitro groups is 1. The highest BCUT2D eigenvalue weighted by atomic mass is 79.9. The third-order valence-corrected chi connectivity index (χ3v) is 3.34. The summed E-state index contributed by atoms with van der Waals surface area (Å²) >= 11 is 3.33. The molecular weight excluding hydrogens is 354 g/mol. The Morgan fingerprint density at radius 3 is 2.64 bits per heavy atom. The fourth-order valence-electron chi connectivity index (χ4n) is 1.71. The van der Waals surface area contributed by atoms with Crippen LogP contribution in [0.25, 0.3) is 0 Å². The van der Waals surface area contributed by atoms with Gasteiger partial charge in [0.2, 0.25) is 5.75 Å². The Morgan fingerprint density at radius 1 is 1.23 bits per heavy atom. The van der Waals surface area contributed by atoms with Gasteiger partial charge in [0.15, 0.2) is 6.61 Å². The SMILES string of the molecule is Cc1ccc(OCC(=O)Oc2ccccc2[N+](=O)[O-])c(Br)c1. The number of nitro benzene ring substituents is 1. The Kier molecular flexibility index (Phi) is 5.11. The number of carbonyl (C=O) groups is 1. The van der Waals surface area contributed by atoms with Gasteiger partial charge in [-0.3, -0.25) is 10.1 Å². The summed E-state index contributed by atoms with van der Waals surface area (Å²) in [6.07, 6.45) is 0. The van der Waals surface area contributed by atoms with Crippen molar-refractivity contribution in [2.75, 3.05) is 6.61 Å². The van der Waals surface area contributed by atoms with Gasteiger partial charge in [-0.1, -0.05) is 18.2 Å². The number of esters is 1. The second-order valence-electron chi connectivity index (χ2n) is 4.42. The van der Waals surface area contributed by atoms with E-state index in [1.807, 2.05) is 19.1 Å². The lowest BCUT2D eigenvalue weighted by Gasteiger charge is -2.09. The van der Waals surface area contributed by atoms with Gasteiger partial charge >= 0.3 is 11.7 Å². The van der Waals surface area contributed by atoms with Crippen LogP contribution in [0.1, 0.15) is 5.56 Å². The lowest BCUT2D eigenvalue weighted by Crippen LogP contribution is -2.18. The summed E-state index contributed by atoms with van der Waals surface area (Å²) in [6.45, 7) is 1.57. The number of hydrogen-bond acceptors (Lipinski definition) is 5. The molecule has 2 aromatic carbocycles. The first kappa shape index (κ1) is 16.0. The van der Waals surface area contributed by atoms with Crippen molar-refractivity contribution in [3.8, 4) is 11.5 Å². The summed E-state index contributed by atoms with van der Waals surface area (Å²) in [7, 11) is 0.